The Labute approximate surface area is 60.9 Å². The third kappa shape index (κ3) is 7.87. The van der Waals surface area contributed by atoms with Crippen molar-refractivity contribution in [3.8, 4) is 0 Å². The molecule has 0 aliphatic rings. The molecule has 0 unspecified atom stereocenters. The second-order valence-electron chi connectivity index (χ2n) is 2.21. The maximum atomic E-state index is 10.1. The van der Waals surface area contributed by atoms with Gasteiger partial charge in [-0.3, -0.25) is 4.55 Å². The smallest absolute Gasteiger partial charge is 0.267 e. The van der Waals surface area contributed by atoms with Gasteiger partial charge >= 0.3 is 0 Å². The van der Waals surface area contributed by atoms with Crippen molar-refractivity contribution < 1.29 is 17.7 Å². The first-order chi connectivity index (χ1) is 4.42. The van der Waals surface area contributed by atoms with Crippen LogP contribution in [0, 0.1) is 0 Å². The fourth-order valence-corrected chi connectivity index (χ4v) is 0.696. The molecule has 0 bridgehead atoms. The maximum absolute atomic E-state index is 10.1. The van der Waals surface area contributed by atoms with Gasteiger partial charge in [-0.25, -0.2) is 0 Å². The minimum absolute atomic E-state index is 0.00162. The van der Waals surface area contributed by atoms with E-state index < -0.39 is 10.1 Å². The topological polar surface area (TPSA) is 63.6 Å². The van der Waals surface area contributed by atoms with Crippen LogP contribution < -0.4 is 0 Å². The molecule has 0 aliphatic carbocycles. The number of hydrogen-bond donors (Lipinski definition) is 1. The van der Waals surface area contributed by atoms with Crippen molar-refractivity contribution in [1.29, 1.82) is 0 Å². The van der Waals surface area contributed by atoms with Gasteiger partial charge in [0.2, 0.25) is 0 Å². The van der Waals surface area contributed by atoms with Gasteiger partial charge in [0.1, 0.15) is 0 Å². The highest BCUT2D eigenvalue weighted by Crippen LogP contribution is 1.89. The molecule has 0 aromatic carbocycles. The zero-order valence-electron chi connectivity index (χ0n) is 6.07. The molecule has 0 amide bonds. The van der Waals surface area contributed by atoms with Crippen LogP contribution in [0.5, 0.6) is 0 Å². The van der Waals surface area contributed by atoms with E-state index in [1.807, 2.05) is 0 Å². The monoisotopic (exact) mass is 168 g/mol. The number of rotatable bonds is 4. The summed E-state index contributed by atoms with van der Waals surface area (Å²) < 4.78 is 33.3. The van der Waals surface area contributed by atoms with Crippen LogP contribution in [0.4, 0.5) is 0 Å². The van der Waals surface area contributed by atoms with Crippen LogP contribution in [-0.2, 0) is 14.9 Å². The van der Waals surface area contributed by atoms with Crippen LogP contribution in [0.1, 0.15) is 13.8 Å². The van der Waals surface area contributed by atoms with Gasteiger partial charge in [0.25, 0.3) is 10.1 Å². The Morgan fingerprint density at radius 3 is 2.30 bits per heavy atom. The molecule has 0 saturated carbocycles. The summed E-state index contributed by atoms with van der Waals surface area (Å²) in [5.41, 5.74) is 0. The maximum Gasteiger partial charge on any atom is 0.267 e. The second kappa shape index (κ2) is 3.90. The van der Waals surface area contributed by atoms with Crippen molar-refractivity contribution in [2.24, 2.45) is 0 Å². The summed E-state index contributed by atoms with van der Waals surface area (Å²) in [7, 11) is -3.84. The van der Waals surface area contributed by atoms with Crippen molar-refractivity contribution in [3.63, 3.8) is 0 Å². The SMILES string of the molecule is CC(C)OCCS(=O)(=O)O. The van der Waals surface area contributed by atoms with Crippen molar-refractivity contribution >= 4 is 10.1 Å². The molecule has 4 nitrogen and oxygen atoms in total. The van der Waals surface area contributed by atoms with Crippen molar-refractivity contribution in [3.05, 3.63) is 0 Å². The van der Waals surface area contributed by atoms with E-state index in [0.717, 1.165) is 0 Å². The molecule has 0 heterocycles. The average Bonchev–Trinajstić information content (AvgIpc) is 1.59. The van der Waals surface area contributed by atoms with E-state index in [2.05, 4.69) is 0 Å². The van der Waals surface area contributed by atoms with E-state index in [9.17, 15) is 8.42 Å². The summed E-state index contributed by atoms with van der Waals surface area (Å²) in [4.78, 5) is 0. The number of hydrogen-bond acceptors (Lipinski definition) is 3. The Hall–Kier alpha value is -0.130. The van der Waals surface area contributed by atoms with Crippen molar-refractivity contribution in [1.82, 2.24) is 0 Å². The summed E-state index contributed by atoms with van der Waals surface area (Å²) >= 11 is 0. The van der Waals surface area contributed by atoms with Crippen LogP contribution in [0.3, 0.4) is 0 Å². The van der Waals surface area contributed by atoms with E-state index in [-0.39, 0.29) is 18.5 Å². The van der Waals surface area contributed by atoms with Crippen molar-refractivity contribution in [2.75, 3.05) is 12.4 Å². The molecule has 0 aromatic heterocycles. The molecule has 0 aliphatic heterocycles. The minimum atomic E-state index is -3.84. The highest BCUT2D eigenvalue weighted by Gasteiger charge is 2.03. The molecule has 0 atom stereocenters. The Morgan fingerprint density at radius 1 is 1.50 bits per heavy atom. The average molecular weight is 168 g/mol. The van der Waals surface area contributed by atoms with Crippen LogP contribution in [0.15, 0.2) is 0 Å². The zero-order valence-corrected chi connectivity index (χ0v) is 6.89. The highest BCUT2D eigenvalue weighted by atomic mass is 32.2. The van der Waals surface area contributed by atoms with Gasteiger partial charge in [-0.15, -0.1) is 0 Å². The van der Waals surface area contributed by atoms with E-state index in [0.29, 0.717) is 0 Å². The van der Waals surface area contributed by atoms with E-state index in [4.69, 9.17) is 9.29 Å². The molecular weight excluding hydrogens is 156 g/mol. The number of ether oxygens (including phenoxy) is 1. The first-order valence-corrected chi connectivity index (χ1v) is 4.59. The first-order valence-electron chi connectivity index (χ1n) is 2.98. The Balaban J connectivity index is 3.39. The van der Waals surface area contributed by atoms with Gasteiger partial charge in [0.05, 0.1) is 18.5 Å². The largest absolute Gasteiger partial charge is 0.378 e. The van der Waals surface area contributed by atoms with Crippen LogP contribution >= 0.6 is 0 Å². The fraction of sp³-hybridized carbons (Fsp3) is 1.00. The molecule has 0 saturated heterocycles. The minimum Gasteiger partial charge on any atom is -0.378 e. The molecule has 1 N–H and O–H groups in total. The van der Waals surface area contributed by atoms with E-state index in [1.54, 1.807) is 13.8 Å². The summed E-state index contributed by atoms with van der Waals surface area (Å²) in [5.74, 6) is -0.328. The van der Waals surface area contributed by atoms with Gasteiger partial charge < -0.3 is 4.74 Å². The van der Waals surface area contributed by atoms with Crippen LogP contribution in [0.2, 0.25) is 0 Å². The van der Waals surface area contributed by atoms with Gasteiger partial charge in [-0.1, -0.05) is 0 Å². The Morgan fingerprint density at radius 2 is 2.00 bits per heavy atom. The van der Waals surface area contributed by atoms with E-state index >= 15 is 0 Å². The van der Waals surface area contributed by atoms with Crippen molar-refractivity contribution in [2.45, 2.75) is 20.0 Å². The van der Waals surface area contributed by atoms with Gasteiger partial charge in [-0.05, 0) is 13.8 Å². The Kier molecular flexibility index (Phi) is 3.85. The summed E-state index contributed by atoms with van der Waals surface area (Å²) in [6, 6.07) is 0. The molecule has 0 spiro atoms. The van der Waals surface area contributed by atoms with Crippen LogP contribution in [0.25, 0.3) is 0 Å². The molecular formula is C5H12O4S. The summed E-state index contributed by atoms with van der Waals surface area (Å²) in [5, 5.41) is 0. The third-order valence-corrected chi connectivity index (χ3v) is 1.48. The normalized spacial score (nSPS) is 12.4. The van der Waals surface area contributed by atoms with Gasteiger partial charge in [0, 0.05) is 0 Å². The van der Waals surface area contributed by atoms with Gasteiger partial charge in [0.15, 0.2) is 0 Å². The zero-order chi connectivity index (χ0) is 8.20. The lowest BCUT2D eigenvalue weighted by molar-refractivity contribution is 0.0905. The standard InChI is InChI=1S/C5H12O4S/c1-5(2)9-3-4-10(6,7)8/h5H,3-4H2,1-2H3,(H,6,7,8). The lowest BCUT2D eigenvalue weighted by Gasteiger charge is -2.04. The lowest BCUT2D eigenvalue weighted by atomic mass is 10.5. The van der Waals surface area contributed by atoms with E-state index in [1.165, 1.54) is 0 Å². The molecule has 0 aromatic rings. The summed E-state index contributed by atoms with van der Waals surface area (Å²) in [6.07, 6.45) is 0.00162. The quantitative estimate of drug-likeness (QED) is 0.613. The fourth-order valence-electron chi connectivity index (χ4n) is 0.389. The second-order valence-corrected chi connectivity index (χ2v) is 3.78. The molecule has 10 heavy (non-hydrogen) atoms. The summed E-state index contributed by atoms with van der Waals surface area (Å²) in [6.45, 7) is 3.64. The highest BCUT2D eigenvalue weighted by molar-refractivity contribution is 7.85. The molecule has 0 fully saturated rings. The predicted octanol–water partition coefficient (Wildman–Crippen LogP) is 0.299. The molecule has 0 rings (SSSR count). The molecule has 0 radical (unpaired) electrons. The Bertz CT molecular complexity index is 170. The molecule has 62 valence electrons. The first kappa shape index (κ1) is 9.87. The van der Waals surface area contributed by atoms with Gasteiger partial charge in [-0.2, -0.15) is 8.42 Å². The molecule has 5 heteroatoms. The third-order valence-electron chi connectivity index (χ3n) is 0.792. The lowest BCUT2D eigenvalue weighted by Crippen LogP contribution is -2.13. The van der Waals surface area contributed by atoms with Crippen LogP contribution in [-0.4, -0.2) is 31.4 Å². The predicted molar refractivity (Wildman–Crippen MR) is 37.5 cm³/mol.